The highest BCUT2D eigenvalue weighted by Gasteiger charge is 2.26. The van der Waals surface area contributed by atoms with Crippen molar-refractivity contribution in [1.82, 2.24) is 4.98 Å². The standard InChI is InChI=1S/C11H7FINO/c12-6-2-3-7(13)11-9(6)5-1-4-8(15)10(5)14-11/h2-3,14H,1,4H2. The number of benzene rings is 1. The van der Waals surface area contributed by atoms with Crippen LogP contribution in [0.25, 0.3) is 10.9 Å². The van der Waals surface area contributed by atoms with Gasteiger partial charge in [0, 0.05) is 15.4 Å². The average molecular weight is 315 g/mol. The second kappa shape index (κ2) is 3.04. The largest absolute Gasteiger partial charge is 0.351 e. The minimum Gasteiger partial charge on any atom is -0.351 e. The molecular formula is C11H7FINO. The number of hydrogen-bond donors (Lipinski definition) is 1. The average Bonchev–Trinajstić information content (AvgIpc) is 2.74. The van der Waals surface area contributed by atoms with Gasteiger partial charge in [-0.15, -0.1) is 0 Å². The summed E-state index contributed by atoms with van der Waals surface area (Å²) in [6.07, 6.45) is 1.16. The van der Waals surface area contributed by atoms with Crippen LogP contribution in [0.2, 0.25) is 0 Å². The lowest BCUT2D eigenvalue weighted by atomic mass is 10.1. The topological polar surface area (TPSA) is 32.9 Å². The van der Waals surface area contributed by atoms with Gasteiger partial charge in [0.1, 0.15) is 5.82 Å². The van der Waals surface area contributed by atoms with Crippen LogP contribution >= 0.6 is 22.6 Å². The number of carbonyl (C=O) groups excluding carboxylic acids is 1. The van der Waals surface area contributed by atoms with E-state index in [4.69, 9.17) is 0 Å². The molecule has 0 aliphatic heterocycles. The molecular weight excluding hydrogens is 308 g/mol. The first-order chi connectivity index (χ1) is 7.18. The third-order valence-corrected chi connectivity index (χ3v) is 3.74. The molecule has 3 rings (SSSR count). The molecule has 1 aliphatic carbocycles. The molecule has 2 aromatic rings. The Bertz CT molecular complexity index is 588. The fourth-order valence-corrected chi connectivity index (χ4v) is 2.73. The fraction of sp³-hybridized carbons (Fsp3) is 0.182. The summed E-state index contributed by atoms with van der Waals surface area (Å²) in [5.41, 5.74) is 2.22. The summed E-state index contributed by atoms with van der Waals surface area (Å²) in [5, 5.41) is 0.600. The molecule has 0 fully saturated rings. The van der Waals surface area contributed by atoms with Crippen LogP contribution in [0.3, 0.4) is 0 Å². The van der Waals surface area contributed by atoms with Gasteiger partial charge >= 0.3 is 0 Å². The monoisotopic (exact) mass is 315 g/mol. The summed E-state index contributed by atoms with van der Waals surface area (Å²) in [4.78, 5) is 14.5. The minimum atomic E-state index is -0.238. The van der Waals surface area contributed by atoms with Crippen LogP contribution < -0.4 is 0 Å². The number of ketones is 1. The number of aromatic nitrogens is 1. The molecule has 1 N–H and O–H groups in total. The molecule has 4 heteroatoms. The summed E-state index contributed by atoms with van der Waals surface area (Å²) in [6, 6.07) is 3.18. The molecule has 1 heterocycles. The smallest absolute Gasteiger partial charge is 0.179 e. The van der Waals surface area contributed by atoms with E-state index in [2.05, 4.69) is 27.6 Å². The Kier molecular flexibility index (Phi) is 1.89. The van der Waals surface area contributed by atoms with E-state index in [0.717, 1.165) is 14.7 Å². The number of nitrogens with one attached hydrogen (secondary N) is 1. The van der Waals surface area contributed by atoms with E-state index in [-0.39, 0.29) is 11.6 Å². The Morgan fingerprint density at radius 3 is 2.93 bits per heavy atom. The van der Waals surface area contributed by atoms with Crippen molar-refractivity contribution in [2.24, 2.45) is 0 Å². The number of halogens is 2. The maximum Gasteiger partial charge on any atom is 0.179 e. The van der Waals surface area contributed by atoms with Gasteiger partial charge in [0.25, 0.3) is 0 Å². The second-order valence-electron chi connectivity index (χ2n) is 3.68. The van der Waals surface area contributed by atoms with Crippen molar-refractivity contribution < 1.29 is 9.18 Å². The van der Waals surface area contributed by atoms with E-state index in [9.17, 15) is 9.18 Å². The van der Waals surface area contributed by atoms with Gasteiger partial charge in [-0.3, -0.25) is 4.79 Å². The highest BCUT2D eigenvalue weighted by molar-refractivity contribution is 14.1. The van der Waals surface area contributed by atoms with E-state index >= 15 is 0 Å². The van der Waals surface area contributed by atoms with Crippen molar-refractivity contribution in [2.45, 2.75) is 12.8 Å². The van der Waals surface area contributed by atoms with E-state index < -0.39 is 0 Å². The van der Waals surface area contributed by atoms with Gasteiger partial charge in [0.2, 0.25) is 0 Å². The molecule has 0 amide bonds. The maximum atomic E-state index is 13.6. The zero-order valence-corrected chi connectivity index (χ0v) is 9.89. The number of Topliss-reactive ketones (excluding diaryl/α,β-unsaturated/α-hetero) is 1. The van der Waals surface area contributed by atoms with E-state index in [1.165, 1.54) is 6.07 Å². The van der Waals surface area contributed by atoms with Gasteiger partial charge in [-0.05, 0) is 46.7 Å². The van der Waals surface area contributed by atoms with Crippen LogP contribution in [-0.4, -0.2) is 10.8 Å². The zero-order chi connectivity index (χ0) is 10.6. The van der Waals surface area contributed by atoms with Gasteiger partial charge in [-0.25, -0.2) is 4.39 Å². The van der Waals surface area contributed by atoms with Crippen molar-refractivity contribution in [1.29, 1.82) is 0 Å². The highest BCUT2D eigenvalue weighted by Crippen LogP contribution is 2.33. The summed E-state index contributed by atoms with van der Waals surface area (Å²) in [6.45, 7) is 0. The molecule has 0 saturated carbocycles. The molecule has 0 radical (unpaired) electrons. The van der Waals surface area contributed by atoms with E-state index in [1.54, 1.807) is 6.07 Å². The molecule has 2 nitrogen and oxygen atoms in total. The van der Waals surface area contributed by atoms with Gasteiger partial charge in [0.05, 0.1) is 11.2 Å². The molecule has 0 atom stereocenters. The minimum absolute atomic E-state index is 0.0939. The molecule has 1 aromatic carbocycles. The van der Waals surface area contributed by atoms with Gasteiger partial charge in [-0.2, -0.15) is 0 Å². The Morgan fingerprint density at radius 1 is 1.33 bits per heavy atom. The first-order valence-corrected chi connectivity index (χ1v) is 5.78. The molecule has 1 aromatic heterocycles. The Balaban J connectivity index is 2.49. The summed E-state index contributed by atoms with van der Waals surface area (Å²) >= 11 is 2.14. The Hall–Kier alpha value is -0.910. The van der Waals surface area contributed by atoms with Crippen molar-refractivity contribution in [2.75, 3.05) is 0 Å². The lowest BCUT2D eigenvalue weighted by molar-refractivity contribution is 0.0990. The first kappa shape index (κ1) is 9.33. The number of hydrogen-bond acceptors (Lipinski definition) is 1. The predicted molar refractivity (Wildman–Crippen MR) is 63.6 cm³/mol. The van der Waals surface area contributed by atoms with Crippen LogP contribution in [0.4, 0.5) is 4.39 Å². The quantitative estimate of drug-likeness (QED) is 0.745. The van der Waals surface area contributed by atoms with Crippen molar-refractivity contribution in [3.8, 4) is 0 Å². The number of aryl methyl sites for hydroxylation is 1. The Labute approximate surface area is 99.0 Å². The van der Waals surface area contributed by atoms with Gasteiger partial charge in [-0.1, -0.05) is 0 Å². The van der Waals surface area contributed by atoms with E-state index in [0.29, 0.717) is 23.9 Å². The molecule has 15 heavy (non-hydrogen) atoms. The van der Waals surface area contributed by atoms with Crippen LogP contribution in [0.5, 0.6) is 0 Å². The first-order valence-electron chi connectivity index (χ1n) is 4.70. The molecule has 0 saturated heterocycles. The number of fused-ring (bicyclic) bond motifs is 3. The van der Waals surface area contributed by atoms with E-state index in [1.807, 2.05) is 0 Å². The van der Waals surface area contributed by atoms with Crippen LogP contribution in [-0.2, 0) is 6.42 Å². The maximum absolute atomic E-state index is 13.6. The molecule has 0 spiro atoms. The summed E-state index contributed by atoms with van der Waals surface area (Å²) in [5.74, 6) is -0.144. The molecule has 0 bridgehead atoms. The van der Waals surface area contributed by atoms with Crippen LogP contribution in [0.15, 0.2) is 12.1 Å². The third-order valence-electron chi connectivity index (χ3n) is 2.84. The lowest BCUT2D eigenvalue weighted by Gasteiger charge is -1.97. The number of H-pyrrole nitrogens is 1. The van der Waals surface area contributed by atoms with Crippen LogP contribution in [0.1, 0.15) is 22.5 Å². The summed E-state index contributed by atoms with van der Waals surface area (Å²) < 4.78 is 14.6. The number of rotatable bonds is 0. The predicted octanol–water partition coefficient (Wildman–Crippen LogP) is 3.04. The van der Waals surface area contributed by atoms with Crippen molar-refractivity contribution in [3.05, 3.63) is 32.8 Å². The fourth-order valence-electron chi connectivity index (χ4n) is 2.15. The van der Waals surface area contributed by atoms with Crippen LogP contribution in [0, 0.1) is 9.39 Å². The zero-order valence-electron chi connectivity index (χ0n) is 7.73. The number of carbonyl (C=O) groups is 1. The second-order valence-corrected chi connectivity index (χ2v) is 4.84. The Morgan fingerprint density at radius 2 is 2.13 bits per heavy atom. The SMILES string of the molecule is O=C1CCc2c1[nH]c1c(I)ccc(F)c21. The highest BCUT2D eigenvalue weighted by atomic mass is 127. The van der Waals surface area contributed by atoms with Gasteiger partial charge < -0.3 is 4.98 Å². The van der Waals surface area contributed by atoms with Crippen molar-refractivity contribution in [3.63, 3.8) is 0 Å². The van der Waals surface area contributed by atoms with Gasteiger partial charge in [0.15, 0.2) is 5.78 Å². The molecule has 76 valence electrons. The molecule has 1 aliphatic rings. The lowest BCUT2D eigenvalue weighted by Crippen LogP contribution is -1.91. The molecule has 0 unspecified atom stereocenters. The normalized spacial score (nSPS) is 14.9. The van der Waals surface area contributed by atoms with Crippen molar-refractivity contribution >= 4 is 39.3 Å². The third kappa shape index (κ3) is 1.17. The number of aromatic amines is 1. The summed E-state index contributed by atoms with van der Waals surface area (Å²) in [7, 11) is 0.